The van der Waals surface area contributed by atoms with E-state index in [1.54, 1.807) is 7.11 Å². The number of nitrogens with one attached hydrogen (secondary N) is 1. The molecule has 0 rings (SSSR count). The van der Waals surface area contributed by atoms with Gasteiger partial charge in [-0.25, -0.2) is 8.78 Å². The average molecular weight is 182 g/mol. The number of nitrogens with two attached hydrogens (primary N) is 1. The van der Waals surface area contributed by atoms with Crippen molar-refractivity contribution in [2.45, 2.75) is 19.0 Å². The fraction of sp³-hybridized carbons (Fsp3) is 1.00. The minimum Gasteiger partial charge on any atom is -0.380 e. The van der Waals surface area contributed by atoms with Gasteiger partial charge in [-0.2, -0.15) is 0 Å². The van der Waals surface area contributed by atoms with Gasteiger partial charge >= 0.3 is 0 Å². The molecule has 0 saturated heterocycles. The highest BCUT2D eigenvalue weighted by molar-refractivity contribution is 4.60. The Bertz CT molecular complexity index is 99.4. The summed E-state index contributed by atoms with van der Waals surface area (Å²) < 4.78 is 28.2. The normalized spacial score (nSPS) is 13.8. The van der Waals surface area contributed by atoms with E-state index in [1.165, 1.54) is 0 Å². The van der Waals surface area contributed by atoms with Gasteiger partial charge < -0.3 is 15.8 Å². The molecule has 0 aliphatic heterocycles. The summed E-state index contributed by atoms with van der Waals surface area (Å²) in [5, 5.41) is 2.60. The Kier molecular flexibility index (Phi) is 7.23. The van der Waals surface area contributed by atoms with Crippen LogP contribution in [0.1, 0.15) is 6.42 Å². The SMILES string of the molecule is COC(CN)CCNCC(F)F. The second-order valence-corrected chi connectivity index (χ2v) is 2.48. The first-order chi connectivity index (χ1) is 5.70. The molecule has 0 aromatic carbocycles. The van der Waals surface area contributed by atoms with E-state index in [2.05, 4.69) is 5.32 Å². The molecule has 1 atom stereocenters. The van der Waals surface area contributed by atoms with Gasteiger partial charge in [0.15, 0.2) is 0 Å². The van der Waals surface area contributed by atoms with Crippen molar-refractivity contribution < 1.29 is 13.5 Å². The van der Waals surface area contributed by atoms with Crippen LogP contribution in [0.2, 0.25) is 0 Å². The van der Waals surface area contributed by atoms with Crippen LogP contribution in [0.3, 0.4) is 0 Å². The molecule has 0 aliphatic carbocycles. The second-order valence-electron chi connectivity index (χ2n) is 2.48. The quantitative estimate of drug-likeness (QED) is 0.553. The van der Waals surface area contributed by atoms with Crippen molar-refractivity contribution in [2.75, 3.05) is 26.7 Å². The Morgan fingerprint density at radius 3 is 2.58 bits per heavy atom. The zero-order valence-corrected chi connectivity index (χ0v) is 7.22. The lowest BCUT2D eigenvalue weighted by Gasteiger charge is -2.12. The number of alkyl halides is 2. The summed E-state index contributed by atoms with van der Waals surface area (Å²) in [6.07, 6.45) is -1.65. The van der Waals surface area contributed by atoms with Crippen molar-refractivity contribution in [1.82, 2.24) is 5.32 Å². The molecule has 74 valence electrons. The summed E-state index contributed by atoms with van der Waals surface area (Å²) >= 11 is 0. The zero-order valence-electron chi connectivity index (χ0n) is 7.22. The monoisotopic (exact) mass is 182 g/mol. The van der Waals surface area contributed by atoms with E-state index in [-0.39, 0.29) is 12.6 Å². The van der Waals surface area contributed by atoms with Gasteiger partial charge in [0.05, 0.1) is 12.6 Å². The van der Waals surface area contributed by atoms with Crippen LogP contribution in [0.15, 0.2) is 0 Å². The predicted molar refractivity (Wildman–Crippen MR) is 43.3 cm³/mol. The molecule has 0 aromatic rings. The molecule has 0 spiro atoms. The van der Waals surface area contributed by atoms with Gasteiger partial charge in [0.25, 0.3) is 6.43 Å². The molecular formula is C7H16F2N2O. The molecule has 3 nitrogen and oxygen atoms in total. The highest BCUT2D eigenvalue weighted by atomic mass is 19.3. The molecule has 3 N–H and O–H groups in total. The van der Waals surface area contributed by atoms with E-state index in [9.17, 15) is 8.78 Å². The highest BCUT2D eigenvalue weighted by Gasteiger charge is 2.05. The molecule has 0 fully saturated rings. The fourth-order valence-corrected chi connectivity index (χ4v) is 0.806. The molecular weight excluding hydrogens is 166 g/mol. The first kappa shape index (κ1) is 11.7. The lowest BCUT2D eigenvalue weighted by atomic mass is 10.2. The standard InChI is InChI=1S/C7H16F2N2O/c1-12-6(4-10)2-3-11-5-7(8)9/h6-7,11H,2-5,10H2,1H3. The van der Waals surface area contributed by atoms with Crippen LogP contribution in [-0.2, 0) is 4.74 Å². The third kappa shape index (κ3) is 6.45. The molecule has 0 heterocycles. The van der Waals surface area contributed by atoms with Crippen LogP contribution in [0.5, 0.6) is 0 Å². The van der Waals surface area contributed by atoms with Gasteiger partial charge in [0.2, 0.25) is 0 Å². The van der Waals surface area contributed by atoms with Gasteiger partial charge in [-0.1, -0.05) is 0 Å². The van der Waals surface area contributed by atoms with Crippen molar-refractivity contribution >= 4 is 0 Å². The van der Waals surface area contributed by atoms with Gasteiger partial charge in [-0.3, -0.25) is 0 Å². The van der Waals surface area contributed by atoms with Crippen molar-refractivity contribution in [1.29, 1.82) is 0 Å². The van der Waals surface area contributed by atoms with Crippen molar-refractivity contribution in [2.24, 2.45) is 5.73 Å². The molecule has 1 unspecified atom stereocenters. The molecule has 0 radical (unpaired) electrons. The topological polar surface area (TPSA) is 47.3 Å². The van der Waals surface area contributed by atoms with E-state index in [1.807, 2.05) is 0 Å². The summed E-state index contributed by atoms with van der Waals surface area (Å²) in [5.41, 5.74) is 5.32. The highest BCUT2D eigenvalue weighted by Crippen LogP contribution is 1.93. The summed E-state index contributed by atoms with van der Waals surface area (Å²) in [7, 11) is 1.56. The Labute approximate surface area is 71.3 Å². The number of methoxy groups -OCH3 is 1. The lowest BCUT2D eigenvalue weighted by molar-refractivity contribution is 0.0985. The first-order valence-electron chi connectivity index (χ1n) is 3.92. The van der Waals surface area contributed by atoms with Gasteiger partial charge in [-0.05, 0) is 13.0 Å². The summed E-state index contributed by atoms with van der Waals surface area (Å²) in [4.78, 5) is 0. The minimum absolute atomic E-state index is 0.0322. The van der Waals surface area contributed by atoms with Crippen LogP contribution in [0.4, 0.5) is 8.78 Å². The molecule has 5 heteroatoms. The van der Waals surface area contributed by atoms with Crippen molar-refractivity contribution in [3.05, 3.63) is 0 Å². The maximum atomic E-state index is 11.6. The largest absolute Gasteiger partial charge is 0.380 e. The Balaban J connectivity index is 3.17. The Morgan fingerprint density at radius 2 is 2.17 bits per heavy atom. The van der Waals surface area contributed by atoms with E-state index >= 15 is 0 Å². The fourth-order valence-electron chi connectivity index (χ4n) is 0.806. The predicted octanol–water partition coefficient (Wildman–Crippen LogP) is 0.205. The smallest absolute Gasteiger partial charge is 0.250 e. The number of hydrogen-bond donors (Lipinski definition) is 2. The van der Waals surface area contributed by atoms with Gasteiger partial charge in [0.1, 0.15) is 0 Å². The van der Waals surface area contributed by atoms with Crippen LogP contribution >= 0.6 is 0 Å². The maximum absolute atomic E-state index is 11.6. The minimum atomic E-state index is -2.29. The van der Waals surface area contributed by atoms with Crippen LogP contribution in [0.25, 0.3) is 0 Å². The van der Waals surface area contributed by atoms with Gasteiger partial charge in [0, 0.05) is 13.7 Å². The summed E-state index contributed by atoms with van der Waals surface area (Å²) in [5.74, 6) is 0. The molecule has 0 saturated carbocycles. The number of ether oxygens (including phenoxy) is 1. The second kappa shape index (κ2) is 7.39. The summed E-state index contributed by atoms with van der Waals surface area (Å²) in [6.45, 7) is 0.675. The van der Waals surface area contributed by atoms with E-state index in [4.69, 9.17) is 10.5 Å². The van der Waals surface area contributed by atoms with Crippen molar-refractivity contribution in [3.63, 3.8) is 0 Å². The van der Waals surface area contributed by atoms with E-state index in [0.29, 0.717) is 19.5 Å². The lowest BCUT2D eigenvalue weighted by Crippen LogP contribution is -2.29. The third-order valence-electron chi connectivity index (χ3n) is 1.54. The zero-order chi connectivity index (χ0) is 9.40. The maximum Gasteiger partial charge on any atom is 0.250 e. The van der Waals surface area contributed by atoms with Gasteiger partial charge in [-0.15, -0.1) is 0 Å². The van der Waals surface area contributed by atoms with E-state index < -0.39 is 6.43 Å². The summed E-state index contributed by atoms with van der Waals surface area (Å²) in [6, 6.07) is 0. The molecule has 0 aromatic heterocycles. The molecule has 0 aliphatic rings. The van der Waals surface area contributed by atoms with Crippen LogP contribution in [-0.4, -0.2) is 39.3 Å². The number of halogens is 2. The average Bonchev–Trinajstić information content (AvgIpc) is 2.04. The first-order valence-corrected chi connectivity index (χ1v) is 3.92. The third-order valence-corrected chi connectivity index (χ3v) is 1.54. The molecule has 0 amide bonds. The van der Waals surface area contributed by atoms with Crippen LogP contribution < -0.4 is 11.1 Å². The van der Waals surface area contributed by atoms with E-state index in [0.717, 1.165) is 0 Å². The van der Waals surface area contributed by atoms with Crippen LogP contribution in [0, 0.1) is 0 Å². The molecule has 12 heavy (non-hydrogen) atoms. The Morgan fingerprint density at radius 1 is 1.50 bits per heavy atom. The Hall–Kier alpha value is -0.260. The number of hydrogen-bond acceptors (Lipinski definition) is 3. The molecule has 0 bridgehead atoms. The van der Waals surface area contributed by atoms with Crippen molar-refractivity contribution in [3.8, 4) is 0 Å². The number of rotatable bonds is 7.